The summed E-state index contributed by atoms with van der Waals surface area (Å²) in [5.41, 5.74) is 5.62. The minimum absolute atomic E-state index is 0.0697. The SMILES string of the molecule is NC(=O)[C@@H]1CCCN1S(=O)(=O)c1cc2oc(=O)[nH]c2cc1Cl. The second-order valence-corrected chi connectivity index (χ2v) is 7.24. The Morgan fingerprint density at radius 3 is 2.86 bits per heavy atom. The number of carbonyl (C=O) groups is 1. The van der Waals surface area contributed by atoms with Crippen LogP contribution in [-0.2, 0) is 14.8 Å². The van der Waals surface area contributed by atoms with Gasteiger partial charge in [0, 0.05) is 12.6 Å². The number of benzene rings is 1. The predicted molar refractivity (Wildman–Crippen MR) is 78.0 cm³/mol. The van der Waals surface area contributed by atoms with E-state index in [0.29, 0.717) is 18.4 Å². The first-order chi connectivity index (χ1) is 10.3. The molecule has 22 heavy (non-hydrogen) atoms. The molecule has 10 heteroatoms. The van der Waals surface area contributed by atoms with Gasteiger partial charge in [0.05, 0.1) is 10.5 Å². The van der Waals surface area contributed by atoms with Crippen LogP contribution in [0.15, 0.2) is 26.2 Å². The summed E-state index contributed by atoms with van der Waals surface area (Å²) < 4.78 is 31.3. The van der Waals surface area contributed by atoms with Gasteiger partial charge in [0.15, 0.2) is 5.58 Å². The number of fused-ring (bicyclic) bond motifs is 1. The Labute approximate surface area is 129 Å². The van der Waals surface area contributed by atoms with Crippen LogP contribution < -0.4 is 11.5 Å². The lowest BCUT2D eigenvalue weighted by molar-refractivity contribution is -0.121. The number of hydrogen-bond acceptors (Lipinski definition) is 5. The minimum atomic E-state index is -4.02. The van der Waals surface area contributed by atoms with Crippen molar-refractivity contribution < 1.29 is 17.6 Å². The lowest BCUT2D eigenvalue weighted by atomic mass is 10.2. The number of oxazole rings is 1. The third-order valence-corrected chi connectivity index (χ3v) is 5.97. The fraction of sp³-hybridized carbons (Fsp3) is 0.333. The van der Waals surface area contributed by atoms with Crippen molar-refractivity contribution in [3.8, 4) is 0 Å². The summed E-state index contributed by atoms with van der Waals surface area (Å²) in [6.07, 6.45) is 0.902. The van der Waals surface area contributed by atoms with Crippen molar-refractivity contribution in [3.63, 3.8) is 0 Å². The Kier molecular flexibility index (Phi) is 3.50. The molecule has 1 amide bonds. The van der Waals surface area contributed by atoms with Crippen LogP contribution in [0.1, 0.15) is 12.8 Å². The van der Waals surface area contributed by atoms with Gasteiger partial charge in [0.1, 0.15) is 10.9 Å². The van der Waals surface area contributed by atoms with Crippen LogP contribution in [-0.4, -0.2) is 36.2 Å². The first-order valence-electron chi connectivity index (χ1n) is 6.44. The number of carbonyl (C=O) groups excluding carboxylic acids is 1. The zero-order valence-corrected chi connectivity index (χ0v) is 12.8. The third kappa shape index (κ3) is 2.31. The number of hydrogen-bond donors (Lipinski definition) is 2. The number of H-pyrrole nitrogens is 1. The summed E-state index contributed by atoms with van der Waals surface area (Å²) in [5, 5.41) is -0.0697. The summed E-state index contributed by atoms with van der Waals surface area (Å²) in [7, 11) is -4.02. The van der Waals surface area contributed by atoms with Gasteiger partial charge >= 0.3 is 5.76 Å². The number of aromatic nitrogens is 1. The molecule has 0 unspecified atom stereocenters. The lowest BCUT2D eigenvalue weighted by Gasteiger charge is -2.22. The second-order valence-electron chi connectivity index (χ2n) is 4.97. The van der Waals surface area contributed by atoms with Gasteiger partial charge in [0.25, 0.3) is 0 Å². The lowest BCUT2D eigenvalue weighted by Crippen LogP contribution is -2.43. The maximum atomic E-state index is 12.7. The van der Waals surface area contributed by atoms with Crippen molar-refractivity contribution in [2.75, 3.05) is 6.54 Å². The molecule has 1 aliphatic heterocycles. The van der Waals surface area contributed by atoms with E-state index < -0.39 is 27.7 Å². The number of nitrogens with two attached hydrogens (primary N) is 1. The number of nitrogens with zero attached hydrogens (tertiary/aromatic N) is 1. The molecule has 0 saturated carbocycles. The van der Waals surface area contributed by atoms with E-state index in [2.05, 4.69) is 4.98 Å². The van der Waals surface area contributed by atoms with Crippen LogP contribution in [0.3, 0.4) is 0 Å². The summed E-state index contributed by atoms with van der Waals surface area (Å²) in [6.45, 7) is 0.182. The van der Waals surface area contributed by atoms with Gasteiger partial charge in [-0.1, -0.05) is 11.6 Å². The van der Waals surface area contributed by atoms with Crippen molar-refractivity contribution in [2.24, 2.45) is 5.73 Å². The molecule has 118 valence electrons. The smallest absolute Gasteiger partial charge is 0.408 e. The molecule has 8 nitrogen and oxygen atoms in total. The van der Waals surface area contributed by atoms with Crippen LogP contribution in [0.2, 0.25) is 5.02 Å². The molecule has 0 radical (unpaired) electrons. The van der Waals surface area contributed by atoms with E-state index in [4.69, 9.17) is 21.8 Å². The topological polar surface area (TPSA) is 126 Å². The molecule has 0 spiro atoms. The van der Waals surface area contributed by atoms with E-state index in [1.54, 1.807) is 0 Å². The van der Waals surface area contributed by atoms with Crippen molar-refractivity contribution >= 4 is 38.6 Å². The number of aromatic amines is 1. The monoisotopic (exact) mass is 345 g/mol. The Balaban J connectivity index is 2.14. The number of halogens is 1. The molecule has 3 N–H and O–H groups in total. The molecule has 1 aliphatic rings. The third-order valence-electron chi connectivity index (χ3n) is 3.59. The molecular formula is C12H12ClN3O5S. The average Bonchev–Trinajstić information content (AvgIpc) is 3.02. The molecule has 0 aliphatic carbocycles. The van der Waals surface area contributed by atoms with Gasteiger partial charge in [0.2, 0.25) is 15.9 Å². The van der Waals surface area contributed by atoms with Crippen LogP contribution >= 0.6 is 11.6 Å². The highest BCUT2D eigenvalue weighted by molar-refractivity contribution is 7.89. The normalized spacial score (nSPS) is 19.8. The van der Waals surface area contributed by atoms with Gasteiger partial charge < -0.3 is 10.2 Å². The van der Waals surface area contributed by atoms with Crippen molar-refractivity contribution in [1.29, 1.82) is 0 Å². The molecule has 2 heterocycles. The van der Waals surface area contributed by atoms with Gasteiger partial charge in [-0.3, -0.25) is 9.78 Å². The molecule has 0 bridgehead atoms. The van der Waals surface area contributed by atoms with E-state index in [0.717, 1.165) is 4.31 Å². The first kappa shape index (κ1) is 15.1. The number of rotatable bonds is 3. The van der Waals surface area contributed by atoms with Gasteiger partial charge in [-0.05, 0) is 18.9 Å². The molecule has 1 fully saturated rings. The molecule has 1 aromatic carbocycles. The highest BCUT2D eigenvalue weighted by atomic mass is 35.5. The van der Waals surface area contributed by atoms with E-state index >= 15 is 0 Å². The minimum Gasteiger partial charge on any atom is -0.408 e. The largest absolute Gasteiger partial charge is 0.417 e. The zero-order valence-electron chi connectivity index (χ0n) is 11.2. The van der Waals surface area contributed by atoms with E-state index in [9.17, 15) is 18.0 Å². The summed E-state index contributed by atoms with van der Waals surface area (Å²) >= 11 is 6.02. The quantitative estimate of drug-likeness (QED) is 0.833. The second kappa shape index (κ2) is 5.11. The first-order valence-corrected chi connectivity index (χ1v) is 8.26. The van der Waals surface area contributed by atoms with Crippen molar-refractivity contribution in [1.82, 2.24) is 9.29 Å². The average molecular weight is 346 g/mol. The summed E-state index contributed by atoms with van der Waals surface area (Å²) in [6, 6.07) is 1.57. The van der Waals surface area contributed by atoms with Crippen molar-refractivity contribution in [2.45, 2.75) is 23.8 Å². The summed E-state index contributed by atoms with van der Waals surface area (Å²) in [5.74, 6) is -1.41. The molecule has 1 aromatic heterocycles. The van der Waals surface area contributed by atoms with Gasteiger partial charge in [-0.25, -0.2) is 13.2 Å². The Morgan fingerprint density at radius 2 is 2.18 bits per heavy atom. The Morgan fingerprint density at radius 1 is 1.45 bits per heavy atom. The van der Waals surface area contributed by atoms with E-state index in [-0.39, 0.29) is 22.0 Å². The number of primary amides is 1. The highest BCUT2D eigenvalue weighted by Gasteiger charge is 2.39. The molecular weight excluding hydrogens is 334 g/mol. The van der Waals surface area contributed by atoms with Crippen LogP contribution in [0.5, 0.6) is 0 Å². The molecule has 1 saturated heterocycles. The Hall–Kier alpha value is -1.84. The number of sulfonamides is 1. The standard InChI is InChI=1S/C12H12ClN3O5S/c13-6-4-7-9(21-12(18)15-7)5-10(6)22(19,20)16-3-1-2-8(16)11(14)17/h4-5,8H,1-3H2,(H2,14,17)(H,15,18)/t8-/m0/s1. The fourth-order valence-electron chi connectivity index (χ4n) is 2.59. The van der Waals surface area contributed by atoms with E-state index in [1.165, 1.54) is 12.1 Å². The predicted octanol–water partition coefficient (Wildman–Crippen LogP) is 0.413. The maximum absolute atomic E-state index is 12.7. The maximum Gasteiger partial charge on any atom is 0.417 e. The zero-order chi connectivity index (χ0) is 16.1. The number of nitrogens with one attached hydrogen (secondary N) is 1. The van der Waals surface area contributed by atoms with Crippen LogP contribution in [0.25, 0.3) is 11.1 Å². The fourth-order valence-corrected chi connectivity index (χ4v) is 4.77. The number of amides is 1. The highest BCUT2D eigenvalue weighted by Crippen LogP contribution is 2.32. The van der Waals surface area contributed by atoms with Gasteiger partial charge in [-0.15, -0.1) is 0 Å². The van der Waals surface area contributed by atoms with Crippen molar-refractivity contribution in [3.05, 3.63) is 27.7 Å². The van der Waals surface area contributed by atoms with Crippen LogP contribution in [0.4, 0.5) is 0 Å². The molecule has 1 atom stereocenters. The molecule has 2 aromatic rings. The molecule has 3 rings (SSSR count). The van der Waals surface area contributed by atoms with Gasteiger partial charge in [-0.2, -0.15) is 4.31 Å². The Bertz CT molecular complexity index is 916. The summed E-state index contributed by atoms with van der Waals surface area (Å²) in [4.78, 5) is 24.7. The van der Waals surface area contributed by atoms with Crippen LogP contribution in [0, 0.1) is 0 Å². The van der Waals surface area contributed by atoms with E-state index in [1.807, 2.05) is 0 Å².